The van der Waals surface area contributed by atoms with Crippen molar-refractivity contribution in [1.29, 1.82) is 0 Å². The summed E-state index contributed by atoms with van der Waals surface area (Å²) in [5, 5.41) is 4.76. The summed E-state index contributed by atoms with van der Waals surface area (Å²) in [5.74, 6) is 0. The molecule has 204 valence electrons. The van der Waals surface area contributed by atoms with Crippen molar-refractivity contribution in [3.05, 3.63) is 152 Å². The quantitative estimate of drug-likeness (QED) is 0.197. The summed E-state index contributed by atoms with van der Waals surface area (Å²) in [7, 11) is 0. The SMILES string of the molecule is c1ccc(N2c3ccccc3B3c4ccc5oc6ccc7ccccc7c6c5c4N(c4ccccc4)c4cccc2c43)cc1. The van der Waals surface area contributed by atoms with E-state index >= 15 is 0 Å². The standard InChI is InChI=1S/C40H25BN2O/c1-3-13-27(14-4-1)42-32-19-10-9-18-30(32)41-31-23-25-36-38(37-29-17-8-7-12-26(29)22-24-35(37)44-36)40(31)43(28-15-5-2-6-16-28)34-21-11-20-33(42)39(34)41/h1-25H. The monoisotopic (exact) mass is 560 g/mol. The van der Waals surface area contributed by atoms with E-state index in [4.69, 9.17) is 4.42 Å². The highest BCUT2D eigenvalue weighted by Crippen LogP contribution is 2.48. The Bertz CT molecular complexity index is 2420. The first kappa shape index (κ1) is 23.8. The number of rotatable bonds is 2. The first-order valence-electron chi connectivity index (χ1n) is 15.2. The van der Waals surface area contributed by atoms with Gasteiger partial charge >= 0.3 is 0 Å². The van der Waals surface area contributed by atoms with Gasteiger partial charge in [-0.1, -0.05) is 97.1 Å². The highest BCUT2D eigenvalue weighted by atomic mass is 16.3. The second-order valence-corrected chi connectivity index (χ2v) is 11.7. The van der Waals surface area contributed by atoms with Gasteiger partial charge in [-0.15, -0.1) is 0 Å². The lowest BCUT2D eigenvalue weighted by Gasteiger charge is -2.44. The number of benzene rings is 7. The molecule has 3 nitrogen and oxygen atoms in total. The van der Waals surface area contributed by atoms with Crippen molar-refractivity contribution in [2.75, 3.05) is 9.80 Å². The van der Waals surface area contributed by atoms with Crippen molar-refractivity contribution in [3.8, 4) is 0 Å². The van der Waals surface area contributed by atoms with Crippen molar-refractivity contribution in [2.24, 2.45) is 0 Å². The molecule has 0 saturated carbocycles. The van der Waals surface area contributed by atoms with Crippen molar-refractivity contribution < 1.29 is 4.42 Å². The summed E-state index contributed by atoms with van der Waals surface area (Å²) in [5.41, 5.74) is 12.9. The Kier molecular flexibility index (Phi) is 4.80. The first-order valence-corrected chi connectivity index (χ1v) is 15.2. The molecule has 0 N–H and O–H groups in total. The van der Waals surface area contributed by atoms with Gasteiger partial charge in [-0.3, -0.25) is 0 Å². The van der Waals surface area contributed by atoms with Gasteiger partial charge in [0.1, 0.15) is 11.2 Å². The van der Waals surface area contributed by atoms with Crippen LogP contribution in [0.1, 0.15) is 0 Å². The number of hydrogen-bond acceptors (Lipinski definition) is 3. The van der Waals surface area contributed by atoms with E-state index in [0.717, 1.165) is 27.9 Å². The van der Waals surface area contributed by atoms with Gasteiger partial charge in [-0.2, -0.15) is 0 Å². The van der Waals surface area contributed by atoms with E-state index in [2.05, 4.69) is 161 Å². The summed E-state index contributed by atoms with van der Waals surface area (Å²) >= 11 is 0. The molecule has 0 bridgehead atoms. The van der Waals surface area contributed by atoms with Crippen LogP contribution in [0, 0.1) is 0 Å². The molecular formula is C40H25BN2O. The Morgan fingerprint density at radius 1 is 0.432 bits per heavy atom. The molecule has 2 aliphatic heterocycles. The number of furan rings is 1. The van der Waals surface area contributed by atoms with E-state index in [-0.39, 0.29) is 6.71 Å². The van der Waals surface area contributed by atoms with Gasteiger partial charge in [-0.25, -0.2) is 0 Å². The van der Waals surface area contributed by atoms with Crippen LogP contribution >= 0.6 is 0 Å². The van der Waals surface area contributed by atoms with Crippen LogP contribution < -0.4 is 26.2 Å². The molecule has 8 aromatic rings. The molecule has 10 rings (SSSR count). The highest BCUT2D eigenvalue weighted by molar-refractivity contribution is 7.00. The van der Waals surface area contributed by atoms with E-state index in [1.54, 1.807) is 0 Å². The fourth-order valence-corrected chi connectivity index (χ4v) is 7.69. The number of para-hydroxylation sites is 3. The molecule has 0 saturated heterocycles. The van der Waals surface area contributed by atoms with Crippen LogP contribution in [-0.2, 0) is 0 Å². The van der Waals surface area contributed by atoms with E-state index < -0.39 is 0 Å². The van der Waals surface area contributed by atoms with Gasteiger partial charge in [0.25, 0.3) is 6.71 Å². The van der Waals surface area contributed by atoms with Crippen molar-refractivity contribution in [2.45, 2.75) is 0 Å². The molecule has 4 heteroatoms. The molecular weight excluding hydrogens is 535 g/mol. The maximum atomic E-state index is 6.61. The molecule has 44 heavy (non-hydrogen) atoms. The van der Waals surface area contributed by atoms with Crippen LogP contribution in [0.4, 0.5) is 34.1 Å². The summed E-state index contributed by atoms with van der Waals surface area (Å²) < 4.78 is 6.61. The highest BCUT2D eigenvalue weighted by Gasteiger charge is 2.44. The van der Waals surface area contributed by atoms with Gasteiger partial charge in [0.05, 0.1) is 11.1 Å². The number of fused-ring (bicyclic) bond motifs is 10. The molecule has 0 amide bonds. The second kappa shape index (κ2) is 8.89. The van der Waals surface area contributed by atoms with Crippen LogP contribution in [0.3, 0.4) is 0 Å². The minimum Gasteiger partial charge on any atom is -0.456 e. The minimum absolute atomic E-state index is 0.0663. The average Bonchev–Trinajstić information content (AvgIpc) is 3.48. The lowest BCUT2D eigenvalue weighted by molar-refractivity contribution is 0.669. The Balaban J connectivity index is 1.38. The predicted octanol–water partition coefficient (Wildman–Crippen LogP) is 8.82. The Labute approximate surface area is 255 Å². The van der Waals surface area contributed by atoms with Crippen LogP contribution in [0.15, 0.2) is 156 Å². The fourth-order valence-electron chi connectivity index (χ4n) is 7.69. The van der Waals surface area contributed by atoms with E-state index in [0.29, 0.717) is 0 Å². The lowest BCUT2D eigenvalue weighted by atomic mass is 9.33. The molecule has 0 atom stereocenters. The van der Waals surface area contributed by atoms with Gasteiger partial charge in [-0.05, 0) is 81.8 Å². The fraction of sp³-hybridized carbons (Fsp3) is 0. The van der Waals surface area contributed by atoms with Gasteiger partial charge in [0.15, 0.2) is 0 Å². The lowest BCUT2D eigenvalue weighted by Crippen LogP contribution is -2.61. The van der Waals surface area contributed by atoms with E-state index in [9.17, 15) is 0 Å². The molecule has 0 unspecified atom stereocenters. The summed E-state index contributed by atoms with van der Waals surface area (Å²) in [4.78, 5) is 4.90. The summed E-state index contributed by atoms with van der Waals surface area (Å²) in [6.45, 7) is 0.0663. The summed E-state index contributed by atoms with van der Waals surface area (Å²) in [6, 6.07) is 54.6. The maximum absolute atomic E-state index is 6.61. The molecule has 0 aliphatic carbocycles. The van der Waals surface area contributed by atoms with Gasteiger partial charge in [0.2, 0.25) is 0 Å². The summed E-state index contributed by atoms with van der Waals surface area (Å²) in [6.07, 6.45) is 0. The zero-order valence-corrected chi connectivity index (χ0v) is 23.8. The average molecular weight is 560 g/mol. The second-order valence-electron chi connectivity index (χ2n) is 11.7. The van der Waals surface area contributed by atoms with Gasteiger partial charge < -0.3 is 14.2 Å². The van der Waals surface area contributed by atoms with Crippen LogP contribution in [0.2, 0.25) is 0 Å². The van der Waals surface area contributed by atoms with E-state index in [1.165, 1.54) is 55.3 Å². The van der Waals surface area contributed by atoms with Crippen molar-refractivity contribution in [1.82, 2.24) is 0 Å². The van der Waals surface area contributed by atoms with Crippen LogP contribution in [0.25, 0.3) is 32.7 Å². The maximum Gasteiger partial charge on any atom is 0.252 e. The third-order valence-electron chi connectivity index (χ3n) is 9.41. The molecule has 3 heterocycles. The minimum atomic E-state index is 0.0663. The normalized spacial score (nSPS) is 13.3. The molecule has 0 fully saturated rings. The molecule has 2 aliphatic rings. The Hall–Kier alpha value is -5.74. The number of nitrogens with zero attached hydrogens (tertiary/aromatic N) is 2. The number of anilines is 6. The van der Waals surface area contributed by atoms with Gasteiger partial charge in [0, 0.05) is 33.8 Å². The predicted molar refractivity (Wildman–Crippen MR) is 185 cm³/mol. The molecule has 0 spiro atoms. The largest absolute Gasteiger partial charge is 0.456 e. The molecule has 1 aromatic heterocycles. The zero-order chi connectivity index (χ0) is 28.8. The topological polar surface area (TPSA) is 19.6 Å². The number of hydrogen-bond donors (Lipinski definition) is 0. The third kappa shape index (κ3) is 3.12. The first-order chi connectivity index (χ1) is 21.9. The zero-order valence-electron chi connectivity index (χ0n) is 23.8. The van der Waals surface area contributed by atoms with Crippen molar-refractivity contribution in [3.63, 3.8) is 0 Å². The Morgan fingerprint density at radius 2 is 1.05 bits per heavy atom. The van der Waals surface area contributed by atoms with Crippen LogP contribution in [-0.4, -0.2) is 6.71 Å². The third-order valence-corrected chi connectivity index (χ3v) is 9.41. The molecule has 0 radical (unpaired) electrons. The van der Waals surface area contributed by atoms with E-state index in [1.807, 2.05) is 0 Å². The molecule has 7 aromatic carbocycles. The Morgan fingerprint density at radius 3 is 1.86 bits per heavy atom. The van der Waals surface area contributed by atoms with Crippen LogP contribution in [0.5, 0.6) is 0 Å². The van der Waals surface area contributed by atoms with Crippen molar-refractivity contribution >= 4 is 89.9 Å². The smallest absolute Gasteiger partial charge is 0.252 e.